The van der Waals surface area contributed by atoms with Crippen molar-refractivity contribution in [3.8, 4) is 0 Å². The van der Waals surface area contributed by atoms with Crippen molar-refractivity contribution in [1.29, 1.82) is 0 Å². The third kappa shape index (κ3) is 1.23. The third-order valence-electron chi connectivity index (χ3n) is 1.40. The quantitative estimate of drug-likeness (QED) is 0.469. The summed E-state index contributed by atoms with van der Waals surface area (Å²) in [7, 11) is 0. The fourth-order valence-electron chi connectivity index (χ4n) is 0.905. The van der Waals surface area contributed by atoms with Gasteiger partial charge in [-0.15, -0.1) is 0 Å². The molecule has 0 aromatic rings. The lowest BCUT2D eigenvalue weighted by Gasteiger charge is -1.93. The molecule has 0 nitrogen and oxygen atoms in total. The van der Waals surface area contributed by atoms with Gasteiger partial charge in [0, 0.05) is 0 Å². The number of thiocarbonyl (C=S) groups is 1. The number of rotatable bonds is 1. The van der Waals surface area contributed by atoms with E-state index in [-0.39, 0.29) is 0 Å². The predicted molar refractivity (Wildman–Crippen MR) is 35.3 cm³/mol. The molecule has 0 heterocycles. The molecule has 0 aromatic heterocycles. The van der Waals surface area contributed by atoms with E-state index in [1.54, 1.807) is 0 Å². The van der Waals surface area contributed by atoms with Gasteiger partial charge < -0.3 is 0 Å². The first kappa shape index (κ1) is 5.23. The molecule has 0 saturated heterocycles. The van der Waals surface area contributed by atoms with Crippen LogP contribution < -0.4 is 0 Å². The van der Waals surface area contributed by atoms with Crippen LogP contribution >= 0.6 is 12.2 Å². The molecule has 0 bridgehead atoms. The first-order valence-electron chi connectivity index (χ1n) is 2.70. The van der Waals surface area contributed by atoms with Crippen LogP contribution in [0.2, 0.25) is 0 Å². The molecule has 1 atom stereocenters. The normalized spacial score (nSPS) is 22.9. The SMILES string of the molecule is S=CC1C[CH]CC1. The summed E-state index contributed by atoms with van der Waals surface area (Å²) >= 11 is 4.77. The van der Waals surface area contributed by atoms with Crippen LogP contribution in [0, 0.1) is 12.3 Å². The van der Waals surface area contributed by atoms with Crippen LogP contribution in [0.3, 0.4) is 0 Å². The molecular weight excluding hydrogens is 104 g/mol. The standard InChI is InChI=1S/C6H9S/c7-5-6-3-1-2-4-6/h1,5-6H,2-4H2. The first-order chi connectivity index (χ1) is 3.43. The molecular formula is C6H9S. The minimum absolute atomic E-state index is 0.731. The lowest BCUT2D eigenvalue weighted by Crippen LogP contribution is -1.89. The second-order valence-corrected chi connectivity index (χ2v) is 2.27. The molecule has 1 unspecified atom stereocenters. The monoisotopic (exact) mass is 113 g/mol. The van der Waals surface area contributed by atoms with Crippen LogP contribution in [-0.2, 0) is 0 Å². The lowest BCUT2D eigenvalue weighted by atomic mass is 10.1. The van der Waals surface area contributed by atoms with Gasteiger partial charge in [-0.2, -0.15) is 0 Å². The summed E-state index contributed by atoms with van der Waals surface area (Å²) in [6.45, 7) is 0. The topological polar surface area (TPSA) is 0 Å². The third-order valence-corrected chi connectivity index (χ3v) is 1.79. The highest BCUT2D eigenvalue weighted by atomic mass is 32.1. The van der Waals surface area contributed by atoms with E-state index in [2.05, 4.69) is 6.42 Å². The van der Waals surface area contributed by atoms with E-state index in [1.165, 1.54) is 19.3 Å². The van der Waals surface area contributed by atoms with Crippen molar-refractivity contribution in [3.05, 3.63) is 6.42 Å². The van der Waals surface area contributed by atoms with Gasteiger partial charge in [0.15, 0.2) is 0 Å². The Hall–Kier alpha value is 0.0900. The highest BCUT2D eigenvalue weighted by Crippen LogP contribution is 2.21. The smallest absolute Gasteiger partial charge is 0.0126 e. The average Bonchev–Trinajstić information content (AvgIpc) is 2.14. The van der Waals surface area contributed by atoms with Crippen LogP contribution in [0.25, 0.3) is 0 Å². The van der Waals surface area contributed by atoms with Crippen LogP contribution in [-0.4, -0.2) is 5.37 Å². The summed E-state index contributed by atoms with van der Waals surface area (Å²) in [5, 5.41) is 1.89. The summed E-state index contributed by atoms with van der Waals surface area (Å²) in [5.41, 5.74) is 0. The van der Waals surface area contributed by atoms with Crippen LogP contribution in [0.4, 0.5) is 0 Å². The Labute approximate surface area is 49.9 Å². The van der Waals surface area contributed by atoms with Crippen molar-refractivity contribution in [3.63, 3.8) is 0 Å². The van der Waals surface area contributed by atoms with Crippen LogP contribution in [0.15, 0.2) is 0 Å². The molecule has 0 aromatic carbocycles. The fourth-order valence-corrected chi connectivity index (χ4v) is 1.15. The Kier molecular flexibility index (Phi) is 1.80. The second kappa shape index (κ2) is 2.41. The molecule has 0 spiro atoms. The van der Waals surface area contributed by atoms with Gasteiger partial charge in [0.2, 0.25) is 0 Å². The minimum atomic E-state index is 0.731. The molecule has 0 aliphatic heterocycles. The van der Waals surface area contributed by atoms with Crippen molar-refractivity contribution >= 4 is 17.6 Å². The molecule has 1 saturated carbocycles. The fraction of sp³-hybridized carbons (Fsp3) is 0.667. The molecule has 1 rings (SSSR count). The summed E-state index contributed by atoms with van der Waals surface area (Å²) in [5.74, 6) is 0.731. The summed E-state index contributed by atoms with van der Waals surface area (Å²) < 4.78 is 0. The first-order valence-corrected chi connectivity index (χ1v) is 3.17. The maximum absolute atomic E-state index is 4.77. The van der Waals surface area contributed by atoms with Gasteiger partial charge in [-0.05, 0) is 37.0 Å². The summed E-state index contributed by atoms with van der Waals surface area (Å²) in [6.07, 6.45) is 6.11. The van der Waals surface area contributed by atoms with E-state index in [4.69, 9.17) is 12.2 Å². The van der Waals surface area contributed by atoms with E-state index < -0.39 is 0 Å². The highest BCUT2D eigenvalue weighted by molar-refractivity contribution is 7.79. The average molecular weight is 113 g/mol. The van der Waals surface area contributed by atoms with E-state index in [0.717, 1.165) is 5.92 Å². The summed E-state index contributed by atoms with van der Waals surface area (Å²) in [6, 6.07) is 0. The minimum Gasteiger partial charge on any atom is -0.0932 e. The maximum Gasteiger partial charge on any atom is -0.0126 e. The van der Waals surface area contributed by atoms with Crippen molar-refractivity contribution < 1.29 is 0 Å². The van der Waals surface area contributed by atoms with E-state index in [1.807, 2.05) is 5.37 Å². The Balaban J connectivity index is 2.26. The van der Waals surface area contributed by atoms with Gasteiger partial charge >= 0.3 is 0 Å². The van der Waals surface area contributed by atoms with Crippen molar-refractivity contribution in [2.24, 2.45) is 5.92 Å². The Morgan fingerprint density at radius 2 is 2.57 bits per heavy atom. The van der Waals surface area contributed by atoms with E-state index in [9.17, 15) is 0 Å². The van der Waals surface area contributed by atoms with Gasteiger partial charge in [0.25, 0.3) is 0 Å². The highest BCUT2D eigenvalue weighted by Gasteiger charge is 2.10. The predicted octanol–water partition coefficient (Wildman–Crippen LogP) is 1.99. The molecule has 1 fully saturated rings. The molecule has 0 amide bonds. The number of hydrogen-bond donors (Lipinski definition) is 0. The summed E-state index contributed by atoms with van der Waals surface area (Å²) in [4.78, 5) is 0. The zero-order valence-electron chi connectivity index (χ0n) is 4.26. The van der Waals surface area contributed by atoms with Gasteiger partial charge in [0.05, 0.1) is 0 Å². The largest absolute Gasteiger partial charge is 0.0932 e. The Morgan fingerprint density at radius 1 is 1.71 bits per heavy atom. The van der Waals surface area contributed by atoms with Gasteiger partial charge in [-0.1, -0.05) is 12.2 Å². The molecule has 39 valence electrons. The van der Waals surface area contributed by atoms with E-state index >= 15 is 0 Å². The molecule has 1 aliphatic rings. The molecule has 0 N–H and O–H groups in total. The zero-order valence-corrected chi connectivity index (χ0v) is 5.08. The van der Waals surface area contributed by atoms with Gasteiger partial charge in [0.1, 0.15) is 0 Å². The zero-order chi connectivity index (χ0) is 5.11. The van der Waals surface area contributed by atoms with Gasteiger partial charge in [-0.25, -0.2) is 0 Å². The second-order valence-electron chi connectivity index (χ2n) is 2.00. The van der Waals surface area contributed by atoms with Crippen molar-refractivity contribution in [2.45, 2.75) is 19.3 Å². The molecule has 1 heteroatoms. The van der Waals surface area contributed by atoms with E-state index in [0.29, 0.717) is 0 Å². The molecule has 7 heavy (non-hydrogen) atoms. The van der Waals surface area contributed by atoms with Crippen molar-refractivity contribution in [2.75, 3.05) is 0 Å². The maximum atomic E-state index is 4.77. The Morgan fingerprint density at radius 3 is 2.86 bits per heavy atom. The number of hydrogen-bond acceptors (Lipinski definition) is 1. The molecule has 1 aliphatic carbocycles. The van der Waals surface area contributed by atoms with Crippen molar-refractivity contribution in [1.82, 2.24) is 0 Å². The van der Waals surface area contributed by atoms with Gasteiger partial charge in [-0.3, -0.25) is 0 Å². The Bertz CT molecular complexity index is 62.6. The lowest BCUT2D eigenvalue weighted by molar-refractivity contribution is 0.760. The van der Waals surface area contributed by atoms with Crippen LogP contribution in [0.1, 0.15) is 19.3 Å². The molecule has 1 radical (unpaired) electrons. The van der Waals surface area contributed by atoms with Crippen LogP contribution in [0.5, 0.6) is 0 Å².